The number of rotatable bonds is 16. The number of carbonyl (C=O) groups excluding carboxylic acids is 4. The van der Waals surface area contributed by atoms with Gasteiger partial charge in [0.15, 0.2) is 0 Å². The molecule has 12 heteroatoms. The maximum absolute atomic E-state index is 14.8. The Morgan fingerprint density at radius 3 is 2.52 bits per heavy atom. The van der Waals surface area contributed by atoms with E-state index in [1.165, 1.54) is 12.0 Å². The third-order valence-electron chi connectivity index (χ3n) is 10.3. The molecular weight excluding hydrogens is 730 g/mol. The van der Waals surface area contributed by atoms with Gasteiger partial charge in [-0.25, -0.2) is 0 Å². The first-order valence-corrected chi connectivity index (χ1v) is 18.4. The molecule has 3 aliphatic rings. The Hall–Kier alpha value is -4.36. The molecule has 2 N–H and O–H groups in total. The van der Waals surface area contributed by atoms with Crippen LogP contribution >= 0.6 is 15.9 Å². The summed E-state index contributed by atoms with van der Waals surface area (Å²) in [7, 11) is 1.49. The third-order valence-corrected chi connectivity index (χ3v) is 11.1. The molecule has 8 atom stereocenters. The molecule has 52 heavy (non-hydrogen) atoms. The van der Waals surface area contributed by atoms with Crippen molar-refractivity contribution in [1.29, 1.82) is 0 Å². The van der Waals surface area contributed by atoms with Crippen LogP contribution in [0.4, 0.5) is 5.69 Å². The Morgan fingerprint density at radius 2 is 1.83 bits per heavy atom. The number of ether oxygens (including phenoxy) is 3. The van der Waals surface area contributed by atoms with Crippen molar-refractivity contribution in [2.75, 3.05) is 38.3 Å². The van der Waals surface area contributed by atoms with Crippen molar-refractivity contribution in [3.8, 4) is 0 Å². The number of fused-ring (bicyclic) bond motifs is 2. The van der Waals surface area contributed by atoms with Crippen LogP contribution in [0.15, 0.2) is 98.1 Å². The number of aliphatic hydroxyl groups excluding tert-OH is 1. The highest BCUT2D eigenvalue weighted by atomic mass is 79.9. The monoisotopic (exact) mass is 773 g/mol. The summed E-state index contributed by atoms with van der Waals surface area (Å²) in [5.41, 5.74) is -0.141. The van der Waals surface area contributed by atoms with Crippen LogP contribution in [0, 0.1) is 11.8 Å². The van der Waals surface area contributed by atoms with E-state index >= 15 is 0 Å². The van der Waals surface area contributed by atoms with Gasteiger partial charge in [-0.3, -0.25) is 19.2 Å². The van der Waals surface area contributed by atoms with Crippen molar-refractivity contribution in [3.05, 3.63) is 104 Å². The molecular formula is C40H44BrN3O8. The molecule has 3 aromatic rings. The summed E-state index contributed by atoms with van der Waals surface area (Å²) in [5.74, 6) is -3.96. The van der Waals surface area contributed by atoms with E-state index in [1.807, 2.05) is 48.5 Å². The second kappa shape index (κ2) is 16.1. The second-order valence-electron chi connectivity index (χ2n) is 13.4. The summed E-state index contributed by atoms with van der Waals surface area (Å²) in [6, 6.07) is 20.6. The molecule has 1 spiro atoms. The number of β-amino-alcohol motifs (C(OH)–C–C–N with tert-alkyl or cyclic N) is 1. The Bertz CT molecular complexity index is 1820. The Labute approximate surface area is 311 Å². The van der Waals surface area contributed by atoms with Crippen molar-refractivity contribution in [2.45, 2.75) is 54.0 Å². The van der Waals surface area contributed by atoms with Crippen LogP contribution in [0.2, 0.25) is 0 Å². The minimum Gasteiger partial charge on any atom is -0.455 e. The molecule has 0 radical (unpaired) electrons. The highest BCUT2D eigenvalue weighted by Crippen LogP contribution is 2.60. The van der Waals surface area contributed by atoms with Crippen LogP contribution in [-0.4, -0.2) is 95.7 Å². The SMILES string of the molecule is C=CCCC(=O)N[C@@H](COC)[C@@H](OC(=O)[C@@H]1[C@H]2O[C@@]3(CC2Br)[C@H](C(=O)N(CC=C)c2ccc4ccccc4c2)N(CCO)C(=O)[C@@H]13)c1ccccc1. The summed E-state index contributed by atoms with van der Waals surface area (Å²) in [6.07, 6.45) is 2.47. The summed E-state index contributed by atoms with van der Waals surface area (Å²) in [5, 5.41) is 15.0. The summed E-state index contributed by atoms with van der Waals surface area (Å²) in [4.78, 5) is 59.2. The predicted molar refractivity (Wildman–Crippen MR) is 200 cm³/mol. The quantitative estimate of drug-likeness (QED) is 0.124. The van der Waals surface area contributed by atoms with Crippen LogP contribution in [0.25, 0.3) is 10.8 Å². The molecule has 1 unspecified atom stereocenters. The Kier molecular flexibility index (Phi) is 11.6. The van der Waals surface area contributed by atoms with Gasteiger partial charge in [0.2, 0.25) is 11.8 Å². The lowest BCUT2D eigenvalue weighted by Crippen LogP contribution is -2.57. The minimum atomic E-state index is -1.38. The number of hydrogen-bond acceptors (Lipinski definition) is 8. The molecule has 3 fully saturated rings. The first-order chi connectivity index (χ1) is 25.2. The normalized spacial score (nSPS) is 25.7. The first kappa shape index (κ1) is 37.4. The van der Waals surface area contributed by atoms with Gasteiger partial charge in [-0.15, -0.1) is 13.2 Å². The molecule has 2 bridgehead atoms. The summed E-state index contributed by atoms with van der Waals surface area (Å²) < 4.78 is 18.4. The average molecular weight is 775 g/mol. The van der Waals surface area contributed by atoms with Gasteiger partial charge in [-0.05, 0) is 41.3 Å². The molecule has 0 aliphatic carbocycles. The van der Waals surface area contributed by atoms with Gasteiger partial charge in [0.1, 0.15) is 17.7 Å². The zero-order valence-electron chi connectivity index (χ0n) is 29.1. The standard InChI is InChI=1S/C40H44BrN3O8/c1-4-6-16-31(46)42-30(24-50-3)34(26-13-8-7-9-14-26)51-39(49)32-33-37(47)44(20-21-45)36(40(33)23-29(41)35(32)52-40)38(48)43(19-5-2)28-18-17-25-12-10-11-15-27(25)22-28/h4-5,7-15,17-18,22,29-30,32-36,45H,1-2,6,16,19-21,23-24H2,3H3,(H,42,46)/t29?,30-,32-,33+,34-,35-,36-,40+/m0/s1. The number of halogens is 1. The number of nitrogens with one attached hydrogen (secondary N) is 1. The van der Waals surface area contributed by atoms with E-state index < -0.39 is 66.1 Å². The fourth-order valence-corrected chi connectivity index (χ4v) is 9.04. The lowest BCUT2D eigenvalue weighted by atomic mass is 9.70. The fourth-order valence-electron chi connectivity index (χ4n) is 8.10. The van der Waals surface area contributed by atoms with Crippen LogP contribution in [0.3, 0.4) is 0 Å². The fraction of sp³-hybridized carbons (Fsp3) is 0.400. The van der Waals surface area contributed by atoms with Gasteiger partial charge in [-0.2, -0.15) is 0 Å². The highest BCUT2D eigenvalue weighted by Gasteiger charge is 2.77. The van der Waals surface area contributed by atoms with E-state index in [0.717, 1.165) is 10.8 Å². The average Bonchev–Trinajstić information content (AvgIpc) is 3.74. The van der Waals surface area contributed by atoms with Crippen LogP contribution in [0.5, 0.6) is 0 Å². The van der Waals surface area contributed by atoms with Crippen LogP contribution < -0.4 is 10.2 Å². The highest BCUT2D eigenvalue weighted by molar-refractivity contribution is 9.09. The number of benzene rings is 3. The van der Waals surface area contributed by atoms with Crippen molar-refractivity contribution in [2.24, 2.45) is 11.8 Å². The van der Waals surface area contributed by atoms with Gasteiger partial charge in [0.25, 0.3) is 5.91 Å². The maximum atomic E-state index is 14.8. The molecule has 6 rings (SSSR count). The van der Waals surface area contributed by atoms with Gasteiger partial charge in [0.05, 0.1) is 37.2 Å². The number of esters is 1. The number of allylic oxidation sites excluding steroid dienone is 1. The second-order valence-corrected chi connectivity index (χ2v) is 14.6. The van der Waals surface area contributed by atoms with Crippen molar-refractivity contribution >= 4 is 56.1 Å². The number of nitrogens with zero attached hydrogens (tertiary/aromatic N) is 2. The zero-order chi connectivity index (χ0) is 37.0. The molecule has 3 heterocycles. The van der Waals surface area contributed by atoms with Gasteiger partial charge in [0, 0.05) is 37.1 Å². The molecule has 0 aromatic heterocycles. The largest absolute Gasteiger partial charge is 0.455 e. The summed E-state index contributed by atoms with van der Waals surface area (Å²) in [6.45, 7) is 7.24. The third kappa shape index (κ3) is 6.92. The molecule has 0 saturated carbocycles. The Balaban J connectivity index is 1.35. The first-order valence-electron chi connectivity index (χ1n) is 17.5. The topological polar surface area (TPSA) is 135 Å². The lowest BCUT2D eigenvalue weighted by Gasteiger charge is -2.37. The van der Waals surface area contributed by atoms with E-state index in [0.29, 0.717) is 17.7 Å². The maximum Gasteiger partial charge on any atom is 0.313 e. The van der Waals surface area contributed by atoms with Crippen LogP contribution in [0.1, 0.15) is 30.9 Å². The van der Waals surface area contributed by atoms with E-state index in [9.17, 15) is 24.3 Å². The molecule has 3 aromatic carbocycles. The minimum absolute atomic E-state index is 0.0411. The van der Waals surface area contributed by atoms with E-state index in [1.54, 1.807) is 41.3 Å². The Morgan fingerprint density at radius 1 is 1.10 bits per heavy atom. The van der Waals surface area contributed by atoms with Gasteiger partial charge < -0.3 is 34.4 Å². The van der Waals surface area contributed by atoms with E-state index in [-0.39, 0.29) is 43.3 Å². The smallest absolute Gasteiger partial charge is 0.313 e. The molecule has 3 aliphatic heterocycles. The summed E-state index contributed by atoms with van der Waals surface area (Å²) >= 11 is 3.71. The molecule has 274 valence electrons. The number of likely N-dealkylation sites (tertiary alicyclic amines) is 1. The van der Waals surface area contributed by atoms with E-state index in [4.69, 9.17) is 14.2 Å². The molecule has 3 amide bonds. The van der Waals surface area contributed by atoms with Crippen molar-refractivity contribution in [1.82, 2.24) is 10.2 Å². The number of amides is 3. The van der Waals surface area contributed by atoms with Crippen molar-refractivity contribution < 1.29 is 38.5 Å². The number of methoxy groups -OCH3 is 1. The number of carbonyl (C=O) groups is 4. The zero-order valence-corrected chi connectivity index (χ0v) is 30.7. The van der Waals surface area contributed by atoms with Crippen molar-refractivity contribution in [3.63, 3.8) is 0 Å². The number of aliphatic hydroxyl groups is 1. The van der Waals surface area contributed by atoms with Gasteiger partial charge >= 0.3 is 5.97 Å². The molecule has 11 nitrogen and oxygen atoms in total. The molecule has 3 saturated heterocycles. The predicted octanol–water partition coefficient (Wildman–Crippen LogP) is 4.48. The van der Waals surface area contributed by atoms with E-state index in [2.05, 4.69) is 34.4 Å². The van der Waals surface area contributed by atoms with Crippen LogP contribution in [-0.2, 0) is 33.4 Å². The number of hydrogen-bond donors (Lipinski definition) is 2. The number of alkyl halides is 1. The number of anilines is 1. The van der Waals surface area contributed by atoms with Gasteiger partial charge in [-0.1, -0.05) is 88.7 Å². The lowest BCUT2D eigenvalue weighted by molar-refractivity contribution is -0.163.